The molecule has 0 unspecified atom stereocenters. The van der Waals surface area contributed by atoms with E-state index in [4.69, 9.17) is 29.2 Å². The summed E-state index contributed by atoms with van der Waals surface area (Å²) in [4.78, 5) is 14.7. The number of aromatic nitrogens is 2. The van der Waals surface area contributed by atoms with Crippen molar-refractivity contribution in [2.45, 2.75) is 0 Å². The zero-order valence-corrected chi connectivity index (χ0v) is 27.0. The van der Waals surface area contributed by atoms with Crippen molar-refractivity contribution < 1.29 is 8.83 Å². The molecule has 0 aliphatic rings. The van der Waals surface area contributed by atoms with Gasteiger partial charge in [0, 0.05) is 38.6 Å². The van der Waals surface area contributed by atoms with Crippen molar-refractivity contribution in [2.75, 3.05) is 0 Å². The average molecular weight is 647 g/mol. The van der Waals surface area contributed by atoms with Crippen LogP contribution in [0.1, 0.15) is 22.6 Å². The highest BCUT2D eigenvalue weighted by molar-refractivity contribution is 6.28. The minimum atomic E-state index is -0.0532. The van der Waals surface area contributed by atoms with E-state index in [-0.39, 0.29) is 5.84 Å². The van der Waals surface area contributed by atoms with E-state index in [0.29, 0.717) is 34.2 Å². The second kappa shape index (κ2) is 12.9. The van der Waals surface area contributed by atoms with Gasteiger partial charge in [-0.2, -0.15) is 0 Å². The van der Waals surface area contributed by atoms with Gasteiger partial charge in [-0.3, -0.25) is 5.41 Å². The molecule has 50 heavy (non-hydrogen) atoms. The van der Waals surface area contributed by atoms with Crippen LogP contribution in [0, 0.1) is 5.41 Å². The molecule has 5 aromatic carbocycles. The second-order valence-electron chi connectivity index (χ2n) is 11.8. The first-order chi connectivity index (χ1) is 24.6. The van der Waals surface area contributed by atoms with Crippen LogP contribution < -0.4 is 0 Å². The molecule has 3 aromatic heterocycles. The number of hydrogen-bond acceptors (Lipinski definition) is 5. The summed E-state index contributed by atoms with van der Waals surface area (Å²) >= 11 is 0. The first-order valence-corrected chi connectivity index (χ1v) is 16.2. The van der Waals surface area contributed by atoms with E-state index in [9.17, 15) is 0 Å². The highest BCUT2D eigenvalue weighted by Gasteiger charge is 2.21. The fraction of sp³-hybridized carbons (Fsp3) is 0. The quantitative estimate of drug-likeness (QED) is 0.131. The minimum Gasteiger partial charge on any atom is -0.455 e. The van der Waals surface area contributed by atoms with Crippen LogP contribution in [-0.2, 0) is 0 Å². The Hall–Kier alpha value is -6.92. The number of amidine groups is 1. The van der Waals surface area contributed by atoms with E-state index < -0.39 is 0 Å². The molecule has 0 aliphatic carbocycles. The van der Waals surface area contributed by atoms with Crippen molar-refractivity contribution in [1.82, 2.24) is 9.97 Å². The number of fused-ring (bicyclic) bond motifs is 2. The van der Waals surface area contributed by atoms with Crippen molar-refractivity contribution in [3.8, 4) is 33.9 Å². The lowest BCUT2D eigenvalue weighted by molar-refractivity contribution is 0.601. The third-order valence-corrected chi connectivity index (χ3v) is 8.54. The van der Waals surface area contributed by atoms with Crippen LogP contribution in [0.3, 0.4) is 0 Å². The Morgan fingerprint density at radius 3 is 1.98 bits per heavy atom. The Morgan fingerprint density at radius 1 is 0.640 bits per heavy atom. The third kappa shape index (κ3) is 5.76. The van der Waals surface area contributed by atoms with Crippen LogP contribution in [0.25, 0.3) is 67.5 Å². The van der Waals surface area contributed by atoms with Gasteiger partial charge in [0.05, 0.1) is 17.0 Å². The maximum absolute atomic E-state index is 9.09. The lowest BCUT2D eigenvalue weighted by Crippen LogP contribution is -2.07. The molecule has 0 saturated carbocycles. The monoisotopic (exact) mass is 646 g/mol. The van der Waals surface area contributed by atoms with Gasteiger partial charge in [0.1, 0.15) is 22.6 Å². The van der Waals surface area contributed by atoms with E-state index in [1.165, 1.54) is 0 Å². The van der Waals surface area contributed by atoms with Crippen LogP contribution in [0.15, 0.2) is 173 Å². The third-order valence-electron chi connectivity index (χ3n) is 8.54. The summed E-state index contributed by atoms with van der Waals surface area (Å²) in [6.45, 7) is 8.36. The van der Waals surface area contributed by atoms with Gasteiger partial charge in [0.2, 0.25) is 0 Å². The Morgan fingerprint density at radius 2 is 1.28 bits per heavy atom. The molecule has 0 atom stereocenters. The first-order valence-electron chi connectivity index (χ1n) is 16.2. The summed E-state index contributed by atoms with van der Waals surface area (Å²) in [5.41, 5.74) is 8.18. The first kappa shape index (κ1) is 30.4. The summed E-state index contributed by atoms with van der Waals surface area (Å²) in [6, 6.07) is 47.4. The van der Waals surface area contributed by atoms with Gasteiger partial charge in [0.25, 0.3) is 0 Å². The number of nitrogens with one attached hydrogen (secondary N) is 1. The average Bonchev–Trinajstić information content (AvgIpc) is 3.78. The molecule has 1 N–H and O–H groups in total. The van der Waals surface area contributed by atoms with Gasteiger partial charge in [-0.1, -0.05) is 128 Å². The van der Waals surface area contributed by atoms with Gasteiger partial charge in [-0.15, -0.1) is 0 Å². The zero-order valence-electron chi connectivity index (χ0n) is 27.0. The fourth-order valence-electron chi connectivity index (χ4n) is 6.01. The standard InChI is InChI=1S/C44H30N4O2/c1-3-34-35-25-32(37-27-36(29-15-7-4-8-16-29)46-44(47-37)31-19-11-6-12-20-31)23-24-39(35)50-42(34)28(2)43(45)48-41(30-17-9-5-10-18-30)40-26-33-21-13-14-22-38(33)49-40/h3-27,45H,1-2H2. The van der Waals surface area contributed by atoms with Crippen LogP contribution in [0.5, 0.6) is 0 Å². The van der Waals surface area contributed by atoms with Gasteiger partial charge < -0.3 is 8.83 Å². The van der Waals surface area contributed by atoms with E-state index >= 15 is 0 Å². The molecule has 0 spiro atoms. The van der Waals surface area contributed by atoms with Crippen molar-refractivity contribution in [3.63, 3.8) is 0 Å². The summed E-state index contributed by atoms with van der Waals surface area (Å²) in [5, 5.41) is 10.9. The number of benzene rings is 5. The lowest BCUT2D eigenvalue weighted by atomic mass is 10.0. The molecule has 238 valence electrons. The van der Waals surface area contributed by atoms with E-state index in [1.807, 2.05) is 146 Å². The van der Waals surface area contributed by atoms with Gasteiger partial charge in [-0.05, 0) is 36.4 Å². The largest absolute Gasteiger partial charge is 0.455 e. The van der Waals surface area contributed by atoms with Crippen LogP contribution in [0.2, 0.25) is 0 Å². The summed E-state index contributed by atoms with van der Waals surface area (Å²) in [5.74, 6) is 1.57. The molecule has 0 amide bonds. The molecule has 6 heteroatoms. The highest BCUT2D eigenvalue weighted by atomic mass is 16.3. The summed E-state index contributed by atoms with van der Waals surface area (Å²) < 4.78 is 12.5. The molecule has 0 bridgehead atoms. The Labute approximate surface area is 288 Å². The highest BCUT2D eigenvalue weighted by Crippen LogP contribution is 2.36. The Kier molecular flexibility index (Phi) is 7.87. The SMILES string of the molecule is C=Cc1c(C(=C)C(=N)N=C(c2ccccc2)c2cc3ccccc3o2)oc2ccc(-c3cc(-c4ccccc4)nc(-c4ccccc4)n3)cc12. The van der Waals surface area contributed by atoms with Crippen molar-refractivity contribution in [2.24, 2.45) is 4.99 Å². The predicted octanol–water partition coefficient (Wildman–Crippen LogP) is 11.1. The van der Waals surface area contributed by atoms with Gasteiger partial charge in [0.15, 0.2) is 17.4 Å². The smallest absolute Gasteiger partial charge is 0.160 e. The maximum atomic E-state index is 9.09. The Bertz CT molecular complexity index is 2490. The number of nitrogens with zero attached hydrogens (tertiary/aromatic N) is 3. The predicted molar refractivity (Wildman–Crippen MR) is 203 cm³/mol. The molecular weight excluding hydrogens is 617 g/mol. The topological polar surface area (TPSA) is 88.3 Å². The zero-order chi connectivity index (χ0) is 34.0. The van der Waals surface area contributed by atoms with Crippen molar-refractivity contribution in [1.29, 1.82) is 5.41 Å². The van der Waals surface area contributed by atoms with Crippen molar-refractivity contribution in [3.05, 3.63) is 181 Å². The molecule has 0 saturated heterocycles. The molecule has 3 heterocycles. The van der Waals surface area contributed by atoms with Crippen LogP contribution >= 0.6 is 0 Å². The minimum absolute atomic E-state index is 0.0532. The lowest BCUT2D eigenvalue weighted by Gasteiger charge is -2.09. The van der Waals surface area contributed by atoms with Gasteiger partial charge >= 0.3 is 0 Å². The maximum Gasteiger partial charge on any atom is 0.160 e. The number of para-hydroxylation sites is 1. The number of rotatable bonds is 8. The molecule has 6 nitrogen and oxygen atoms in total. The van der Waals surface area contributed by atoms with Crippen LogP contribution in [-0.4, -0.2) is 21.5 Å². The summed E-state index contributed by atoms with van der Waals surface area (Å²) in [6.07, 6.45) is 1.73. The molecule has 0 aliphatic heterocycles. The molecule has 0 fully saturated rings. The van der Waals surface area contributed by atoms with E-state index in [0.717, 1.165) is 55.6 Å². The molecular formula is C44H30N4O2. The molecule has 8 rings (SSSR count). The second-order valence-corrected chi connectivity index (χ2v) is 11.8. The Balaban J connectivity index is 1.20. The number of furan rings is 2. The van der Waals surface area contributed by atoms with E-state index in [1.54, 1.807) is 6.08 Å². The molecule has 0 radical (unpaired) electrons. The number of hydrogen-bond donors (Lipinski definition) is 1. The fourth-order valence-corrected chi connectivity index (χ4v) is 6.01. The normalized spacial score (nSPS) is 11.6. The molecule has 8 aromatic rings. The van der Waals surface area contributed by atoms with Crippen LogP contribution in [0.4, 0.5) is 0 Å². The van der Waals surface area contributed by atoms with Gasteiger partial charge in [-0.25, -0.2) is 15.0 Å². The van der Waals surface area contributed by atoms with E-state index in [2.05, 4.69) is 13.2 Å². The number of aliphatic imine (C=N–C) groups is 1. The summed E-state index contributed by atoms with van der Waals surface area (Å²) in [7, 11) is 0. The van der Waals surface area contributed by atoms with Crippen molar-refractivity contribution >= 4 is 45.1 Å².